The Labute approximate surface area is 227 Å². The lowest BCUT2D eigenvalue weighted by atomic mass is 10.1. The molecule has 6 heteroatoms. The highest BCUT2D eigenvalue weighted by Crippen LogP contribution is 2.29. The van der Waals surface area contributed by atoms with Gasteiger partial charge in [0.15, 0.2) is 0 Å². The molecule has 0 aliphatic rings. The molecule has 7 rings (SSSR count). The maximum absolute atomic E-state index is 4.41. The van der Waals surface area contributed by atoms with Crippen LogP contribution in [0.5, 0.6) is 0 Å². The molecule has 3 heterocycles. The van der Waals surface area contributed by atoms with Crippen molar-refractivity contribution in [1.82, 2.24) is 29.9 Å². The van der Waals surface area contributed by atoms with Crippen LogP contribution < -0.4 is 0 Å². The van der Waals surface area contributed by atoms with Crippen molar-refractivity contribution in [3.63, 3.8) is 0 Å². The Kier molecular flexibility index (Phi) is 8.50. The van der Waals surface area contributed by atoms with E-state index >= 15 is 0 Å². The highest BCUT2D eigenvalue weighted by Gasteiger charge is 2.10. The number of rotatable bonds is 4. The molecule has 3 N–H and O–H groups in total. The van der Waals surface area contributed by atoms with Crippen molar-refractivity contribution >= 4 is 0 Å². The third-order valence-electron chi connectivity index (χ3n) is 5.90. The van der Waals surface area contributed by atoms with E-state index in [1.165, 1.54) is 0 Å². The van der Waals surface area contributed by atoms with Gasteiger partial charge in [0.05, 0.1) is 41.8 Å². The normalized spacial score (nSPS) is 10.1. The Morgan fingerprint density at radius 3 is 1.10 bits per heavy atom. The van der Waals surface area contributed by atoms with Crippen molar-refractivity contribution < 1.29 is 0 Å². The maximum Gasteiger partial charge on any atom is 0.0960 e. The molecule has 0 fully saturated rings. The fraction of sp³-hybridized carbons (Fsp3) is 0. The molecule has 4 aromatic carbocycles. The van der Waals surface area contributed by atoms with Crippen LogP contribution in [0.4, 0.5) is 0 Å². The van der Waals surface area contributed by atoms with Gasteiger partial charge in [-0.3, -0.25) is 0 Å². The van der Waals surface area contributed by atoms with Crippen molar-refractivity contribution in [2.45, 2.75) is 0 Å². The summed E-state index contributed by atoms with van der Waals surface area (Å²) in [7, 11) is 0. The predicted octanol–water partition coefficient (Wildman–Crippen LogP) is 7.90. The van der Waals surface area contributed by atoms with Crippen LogP contribution in [0.3, 0.4) is 0 Å². The quantitative estimate of drug-likeness (QED) is 0.226. The van der Waals surface area contributed by atoms with Crippen molar-refractivity contribution in [2.24, 2.45) is 0 Å². The number of H-pyrrole nitrogens is 3. The number of aromatic nitrogens is 6. The Morgan fingerprint density at radius 2 is 0.795 bits per heavy atom. The van der Waals surface area contributed by atoms with Gasteiger partial charge in [-0.2, -0.15) is 0 Å². The molecule has 0 radical (unpaired) electrons. The summed E-state index contributed by atoms with van der Waals surface area (Å²) in [4.78, 5) is 21.7. The van der Waals surface area contributed by atoms with Crippen molar-refractivity contribution in [1.29, 1.82) is 0 Å². The van der Waals surface area contributed by atoms with Gasteiger partial charge in [0.1, 0.15) is 0 Å². The van der Waals surface area contributed by atoms with E-state index in [1.807, 2.05) is 72.8 Å². The van der Waals surface area contributed by atoms with E-state index in [-0.39, 0.29) is 0 Å². The lowest BCUT2D eigenvalue weighted by Gasteiger charge is -2.02. The third kappa shape index (κ3) is 6.64. The second kappa shape index (κ2) is 13.2. The van der Waals surface area contributed by atoms with Crippen LogP contribution in [0.1, 0.15) is 0 Å². The van der Waals surface area contributed by atoms with Gasteiger partial charge in [0.2, 0.25) is 0 Å². The maximum atomic E-state index is 4.41. The molecular formula is C33H28N6. The van der Waals surface area contributed by atoms with Crippen LogP contribution in [0.15, 0.2) is 153 Å². The number of nitrogens with zero attached hydrogens (tertiary/aromatic N) is 3. The van der Waals surface area contributed by atoms with Gasteiger partial charge in [0.25, 0.3) is 0 Å². The van der Waals surface area contributed by atoms with Crippen molar-refractivity contribution in [3.05, 3.63) is 153 Å². The van der Waals surface area contributed by atoms with Crippen LogP contribution in [0.2, 0.25) is 0 Å². The number of benzene rings is 4. The van der Waals surface area contributed by atoms with Gasteiger partial charge < -0.3 is 15.0 Å². The smallest absolute Gasteiger partial charge is 0.0960 e. The topological polar surface area (TPSA) is 86.0 Å². The van der Waals surface area contributed by atoms with Crippen LogP contribution in [0.25, 0.3) is 45.0 Å². The summed E-state index contributed by atoms with van der Waals surface area (Å²) >= 11 is 0. The first-order valence-corrected chi connectivity index (χ1v) is 12.6. The van der Waals surface area contributed by atoms with E-state index in [0.29, 0.717) is 0 Å². The summed E-state index contributed by atoms with van der Waals surface area (Å²) in [5.41, 5.74) is 8.70. The van der Waals surface area contributed by atoms with Crippen LogP contribution in [-0.2, 0) is 0 Å². The van der Waals surface area contributed by atoms with E-state index < -0.39 is 0 Å². The Morgan fingerprint density at radius 1 is 0.410 bits per heavy atom. The molecule has 0 aliphatic carbocycles. The second-order valence-corrected chi connectivity index (χ2v) is 8.48. The highest BCUT2D eigenvalue weighted by atomic mass is 14.9. The lowest BCUT2D eigenvalue weighted by Crippen LogP contribution is -1.82. The largest absolute Gasteiger partial charge is 0.351 e. The lowest BCUT2D eigenvalue weighted by molar-refractivity contribution is 1.31. The molecule has 0 saturated heterocycles. The van der Waals surface area contributed by atoms with Gasteiger partial charge in [0, 0.05) is 34.6 Å². The minimum Gasteiger partial charge on any atom is -0.351 e. The molecule has 190 valence electrons. The van der Waals surface area contributed by atoms with Crippen LogP contribution in [-0.4, -0.2) is 29.9 Å². The SMILES string of the molecule is c1c[nH]cn1.c1ccc(-c2nc[nH]c2-c2ccccc2)cc1.c1ccc(-c2nc[nH]c2-c2ccccc2)cc1. The standard InChI is InChI=1S/2C15H12N2.C3H4N2/c2*1-3-7-12(8-4-1)14-15(17-11-16-14)13-9-5-2-6-10-13;1-2-5-3-4-1/h2*1-11H,(H,16,17);1-3H,(H,4,5). The number of aromatic amines is 3. The Bertz CT molecular complexity index is 1380. The molecular weight excluding hydrogens is 480 g/mol. The summed E-state index contributed by atoms with van der Waals surface area (Å²) in [5, 5.41) is 0. The zero-order chi connectivity index (χ0) is 26.5. The summed E-state index contributed by atoms with van der Waals surface area (Å²) in [5.74, 6) is 0. The van der Waals surface area contributed by atoms with E-state index in [4.69, 9.17) is 0 Å². The van der Waals surface area contributed by atoms with Gasteiger partial charge in [-0.1, -0.05) is 121 Å². The van der Waals surface area contributed by atoms with E-state index in [9.17, 15) is 0 Å². The average molecular weight is 509 g/mol. The van der Waals surface area contributed by atoms with E-state index in [0.717, 1.165) is 45.0 Å². The highest BCUT2D eigenvalue weighted by molar-refractivity contribution is 5.78. The molecule has 6 nitrogen and oxygen atoms in total. The summed E-state index contributed by atoms with van der Waals surface area (Å²) in [6, 6.07) is 40.9. The number of hydrogen-bond acceptors (Lipinski definition) is 3. The molecule has 7 aromatic rings. The summed E-state index contributed by atoms with van der Waals surface area (Å²) in [6.45, 7) is 0. The fourth-order valence-electron chi connectivity index (χ4n) is 4.08. The van der Waals surface area contributed by atoms with Crippen LogP contribution in [0, 0.1) is 0 Å². The van der Waals surface area contributed by atoms with Gasteiger partial charge in [-0.15, -0.1) is 0 Å². The molecule has 0 bridgehead atoms. The van der Waals surface area contributed by atoms with E-state index in [1.54, 1.807) is 31.4 Å². The monoisotopic (exact) mass is 508 g/mol. The fourth-order valence-corrected chi connectivity index (χ4v) is 4.08. The first kappa shape index (κ1) is 25.2. The molecule has 0 amide bonds. The van der Waals surface area contributed by atoms with Gasteiger partial charge in [-0.05, 0) is 0 Å². The third-order valence-corrected chi connectivity index (χ3v) is 5.90. The molecule has 0 aliphatic heterocycles. The molecule has 0 saturated carbocycles. The van der Waals surface area contributed by atoms with Gasteiger partial charge in [-0.25, -0.2) is 15.0 Å². The Balaban J connectivity index is 0.000000134. The summed E-state index contributed by atoms with van der Waals surface area (Å²) in [6.07, 6.45) is 8.56. The number of nitrogens with one attached hydrogen (secondary N) is 3. The molecule has 0 spiro atoms. The first-order chi connectivity index (χ1) is 19.4. The average Bonchev–Trinajstić information content (AvgIpc) is 3.83. The Hall–Kier alpha value is -5.49. The minimum atomic E-state index is 0.997. The number of imidazole rings is 3. The second-order valence-electron chi connectivity index (χ2n) is 8.48. The molecule has 3 aromatic heterocycles. The van der Waals surface area contributed by atoms with Gasteiger partial charge >= 0.3 is 0 Å². The van der Waals surface area contributed by atoms with E-state index in [2.05, 4.69) is 78.4 Å². The predicted molar refractivity (Wildman–Crippen MR) is 158 cm³/mol. The minimum absolute atomic E-state index is 0.997. The number of hydrogen-bond donors (Lipinski definition) is 3. The molecule has 39 heavy (non-hydrogen) atoms. The van der Waals surface area contributed by atoms with Crippen molar-refractivity contribution in [2.75, 3.05) is 0 Å². The van der Waals surface area contributed by atoms with Crippen LogP contribution >= 0.6 is 0 Å². The molecule has 0 atom stereocenters. The molecule has 0 unspecified atom stereocenters. The zero-order valence-electron chi connectivity index (χ0n) is 21.3. The zero-order valence-corrected chi connectivity index (χ0v) is 21.3. The van der Waals surface area contributed by atoms with Crippen molar-refractivity contribution in [3.8, 4) is 45.0 Å². The first-order valence-electron chi connectivity index (χ1n) is 12.6. The summed E-state index contributed by atoms with van der Waals surface area (Å²) < 4.78 is 0.